The molecule has 2 aliphatic rings. The Hall–Kier alpha value is -3.41. The van der Waals surface area contributed by atoms with Crippen molar-refractivity contribution in [1.29, 1.82) is 0 Å². The van der Waals surface area contributed by atoms with E-state index in [1.165, 1.54) is 7.11 Å². The maximum absolute atomic E-state index is 11.6. The summed E-state index contributed by atoms with van der Waals surface area (Å²) in [5.41, 5.74) is 5.17. The average molecular weight is 332 g/mol. The highest BCUT2D eigenvalue weighted by Gasteiger charge is 2.10. The van der Waals surface area contributed by atoms with Crippen LogP contribution in [0.5, 0.6) is 0 Å². The number of hydrogen-bond donors (Lipinski definition) is 2. The van der Waals surface area contributed by atoms with Crippen molar-refractivity contribution in [3.8, 4) is 11.3 Å². The highest BCUT2D eigenvalue weighted by molar-refractivity contribution is 5.94. The molecule has 0 fully saturated rings. The minimum atomic E-state index is -0.406. The number of fused-ring (bicyclic) bond motifs is 2. The van der Waals surface area contributed by atoms with E-state index in [1.807, 2.05) is 30.5 Å². The lowest BCUT2D eigenvalue weighted by atomic mass is 10.2. The van der Waals surface area contributed by atoms with Gasteiger partial charge in [-0.2, -0.15) is 0 Å². The number of nitrogens with zero attached hydrogens (tertiary/aromatic N) is 2. The summed E-state index contributed by atoms with van der Waals surface area (Å²) in [5.74, 6) is -0.406. The van der Waals surface area contributed by atoms with E-state index in [0.29, 0.717) is 17.9 Å². The standard InChI is InChI=1S/C19H16N4O2/c1-25-19(24)17-9-14-8-15(11-22-18(14)23-17)21-10-12-3-2-4-16-13(7-12)5-6-20-16/h2-9,11,21H,10H2,1H3,(H,22,23). The van der Waals surface area contributed by atoms with Crippen LogP contribution < -0.4 is 5.32 Å². The summed E-state index contributed by atoms with van der Waals surface area (Å²) in [4.78, 5) is 23.2. The second kappa shape index (κ2) is 6.24. The lowest BCUT2D eigenvalue weighted by molar-refractivity contribution is 0.0595. The Morgan fingerprint density at radius 3 is 3.00 bits per heavy atom. The molecular formula is C19H16N4O2. The number of ether oxygens (including phenoxy) is 1. The summed E-state index contributed by atoms with van der Waals surface area (Å²) in [6.07, 6.45) is 3.55. The van der Waals surface area contributed by atoms with Gasteiger partial charge in [0.25, 0.3) is 0 Å². The summed E-state index contributed by atoms with van der Waals surface area (Å²) in [6, 6.07) is 13.9. The van der Waals surface area contributed by atoms with Crippen molar-refractivity contribution in [2.24, 2.45) is 0 Å². The zero-order valence-corrected chi connectivity index (χ0v) is 13.6. The van der Waals surface area contributed by atoms with Crippen LogP contribution in [0.15, 0.2) is 54.9 Å². The van der Waals surface area contributed by atoms with E-state index in [4.69, 9.17) is 4.74 Å². The molecule has 6 nitrogen and oxygen atoms in total. The molecule has 1 aliphatic carbocycles. The van der Waals surface area contributed by atoms with Gasteiger partial charge in [-0.05, 0) is 35.9 Å². The fraction of sp³-hybridized carbons (Fsp3) is 0.105. The van der Waals surface area contributed by atoms with Crippen LogP contribution in [0.2, 0.25) is 0 Å². The molecule has 25 heavy (non-hydrogen) atoms. The molecule has 2 N–H and O–H groups in total. The Morgan fingerprint density at radius 1 is 1.20 bits per heavy atom. The molecule has 0 aromatic carbocycles. The Morgan fingerprint density at radius 2 is 2.12 bits per heavy atom. The number of H-pyrrole nitrogens is 1. The first-order valence-corrected chi connectivity index (χ1v) is 7.87. The monoisotopic (exact) mass is 332 g/mol. The van der Waals surface area contributed by atoms with Crippen LogP contribution in [0.4, 0.5) is 5.69 Å². The number of rotatable bonds is 4. The third-order valence-electron chi connectivity index (χ3n) is 4.04. The van der Waals surface area contributed by atoms with E-state index in [9.17, 15) is 4.79 Å². The fourth-order valence-electron chi connectivity index (χ4n) is 2.78. The third kappa shape index (κ3) is 3.01. The van der Waals surface area contributed by atoms with Gasteiger partial charge >= 0.3 is 5.97 Å². The van der Waals surface area contributed by atoms with Crippen molar-refractivity contribution in [2.45, 2.75) is 6.54 Å². The topological polar surface area (TPSA) is 79.9 Å². The van der Waals surface area contributed by atoms with Gasteiger partial charge in [0.1, 0.15) is 11.3 Å². The van der Waals surface area contributed by atoms with Gasteiger partial charge < -0.3 is 15.0 Å². The molecule has 3 heterocycles. The third-order valence-corrected chi connectivity index (χ3v) is 4.04. The van der Waals surface area contributed by atoms with Gasteiger partial charge in [0.15, 0.2) is 0 Å². The van der Waals surface area contributed by atoms with Crippen molar-refractivity contribution >= 4 is 22.7 Å². The van der Waals surface area contributed by atoms with Crippen LogP contribution in [0, 0.1) is 0 Å². The molecular weight excluding hydrogens is 316 g/mol. The van der Waals surface area contributed by atoms with Crippen molar-refractivity contribution in [3.63, 3.8) is 0 Å². The van der Waals surface area contributed by atoms with Gasteiger partial charge in [0.05, 0.1) is 24.7 Å². The maximum atomic E-state index is 11.6. The molecule has 0 amide bonds. The number of pyridine rings is 1. The Balaban J connectivity index is 1.54. The predicted octanol–water partition coefficient (Wildman–Crippen LogP) is 3.46. The number of esters is 1. The first kappa shape index (κ1) is 15.1. The number of nitrogens with one attached hydrogen (secondary N) is 2. The second-order valence-electron chi connectivity index (χ2n) is 5.72. The van der Waals surface area contributed by atoms with E-state index in [-0.39, 0.29) is 0 Å². The summed E-state index contributed by atoms with van der Waals surface area (Å²) in [7, 11) is 1.35. The predicted molar refractivity (Wildman–Crippen MR) is 95.6 cm³/mol. The fourth-order valence-corrected chi connectivity index (χ4v) is 2.78. The average Bonchev–Trinajstić information content (AvgIpc) is 3.20. The van der Waals surface area contributed by atoms with Gasteiger partial charge in [-0.1, -0.05) is 12.1 Å². The van der Waals surface area contributed by atoms with Crippen molar-refractivity contribution in [1.82, 2.24) is 15.0 Å². The van der Waals surface area contributed by atoms with Gasteiger partial charge in [-0.25, -0.2) is 9.78 Å². The van der Waals surface area contributed by atoms with Gasteiger partial charge in [-0.3, -0.25) is 4.98 Å². The lowest BCUT2D eigenvalue weighted by Crippen LogP contribution is -2.00. The highest BCUT2D eigenvalue weighted by Crippen LogP contribution is 2.21. The molecule has 4 rings (SSSR count). The smallest absolute Gasteiger partial charge is 0.354 e. The van der Waals surface area contributed by atoms with Crippen LogP contribution in [-0.4, -0.2) is 28.0 Å². The molecule has 0 spiro atoms. The number of methoxy groups -OCH3 is 1. The summed E-state index contributed by atoms with van der Waals surface area (Å²) < 4.78 is 4.72. The van der Waals surface area contributed by atoms with Crippen molar-refractivity contribution in [3.05, 3.63) is 66.1 Å². The second-order valence-corrected chi connectivity index (χ2v) is 5.72. The number of hydrogen-bond acceptors (Lipinski definition) is 5. The van der Waals surface area contributed by atoms with E-state index in [0.717, 1.165) is 27.9 Å². The molecule has 0 saturated carbocycles. The van der Waals surface area contributed by atoms with Crippen LogP contribution in [0.25, 0.3) is 22.3 Å². The van der Waals surface area contributed by atoms with E-state index in [2.05, 4.69) is 32.4 Å². The number of aromatic nitrogens is 3. The molecule has 2 aromatic heterocycles. The van der Waals surface area contributed by atoms with E-state index in [1.54, 1.807) is 12.3 Å². The summed E-state index contributed by atoms with van der Waals surface area (Å²) in [6.45, 7) is 0.663. The normalized spacial score (nSPS) is 10.9. The number of aromatic amines is 1. The van der Waals surface area contributed by atoms with Crippen LogP contribution in [0.1, 0.15) is 16.1 Å². The molecule has 0 bridgehead atoms. The van der Waals surface area contributed by atoms with E-state index >= 15 is 0 Å². The molecule has 6 heteroatoms. The zero-order chi connectivity index (χ0) is 17.2. The molecule has 0 atom stereocenters. The van der Waals surface area contributed by atoms with Crippen molar-refractivity contribution < 1.29 is 9.53 Å². The zero-order valence-electron chi connectivity index (χ0n) is 13.6. The molecule has 0 radical (unpaired) electrons. The maximum Gasteiger partial charge on any atom is 0.354 e. The quantitative estimate of drug-likeness (QED) is 0.559. The number of anilines is 1. The Kier molecular flexibility index (Phi) is 3.78. The molecule has 1 aliphatic heterocycles. The van der Waals surface area contributed by atoms with Crippen LogP contribution in [-0.2, 0) is 11.3 Å². The van der Waals surface area contributed by atoms with Crippen LogP contribution in [0.3, 0.4) is 0 Å². The molecule has 2 aromatic rings. The summed E-state index contributed by atoms with van der Waals surface area (Å²) >= 11 is 0. The highest BCUT2D eigenvalue weighted by atomic mass is 16.5. The first-order chi connectivity index (χ1) is 12.2. The SMILES string of the molecule is COC(=O)c1cc2cc(NCc3cccc4nccc-4c3)cnc2[nH]1. The van der Waals surface area contributed by atoms with E-state index < -0.39 is 5.97 Å². The molecule has 124 valence electrons. The first-order valence-electron chi connectivity index (χ1n) is 7.87. The largest absolute Gasteiger partial charge is 0.464 e. The van der Waals surface area contributed by atoms with Crippen LogP contribution >= 0.6 is 0 Å². The Bertz CT molecular complexity index is 1020. The molecule has 0 saturated heterocycles. The minimum Gasteiger partial charge on any atom is -0.464 e. The van der Waals surface area contributed by atoms with Gasteiger partial charge in [-0.15, -0.1) is 0 Å². The lowest BCUT2D eigenvalue weighted by Gasteiger charge is -2.05. The summed E-state index contributed by atoms with van der Waals surface area (Å²) in [5, 5.41) is 4.22. The van der Waals surface area contributed by atoms with Gasteiger partial charge in [0.2, 0.25) is 0 Å². The number of carbonyl (C=O) groups is 1. The number of carbonyl (C=O) groups excluding carboxylic acids is 1. The van der Waals surface area contributed by atoms with Gasteiger partial charge in [0, 0.05) is 23.7 Å². The Labute approximate surface area is 144 Å². The molecule has 0 unspecified atom stereocenters. The van der Waals surface area contributed by atoms with Crippen molar-refractivity contribution in [2.75, 3.05) is 12.4 Å². The minimum absolute atomic E-state index is 0.392.